The lowest BCUT2D eigenvalue weighted by molar-refractivity contribution is -0.119. The Hall–Kier alpha value is -1.43. The van der Waals surface area contributed by atoms with Crippen molar-refractivity contribution in [2.45, 2.75) is 32.4 Å². The van der Waals surface area contributed by atoms with Gasteiger partial charge in [0.25, 0.3) is 0 Å². The molecule has 20 heavy (non-hydrogen) atoms. The summed E-state index contributed by atoms with van der Waals surface area (Å²) in [6.45, 7) is 3.92. The van der Waals surface area contributed by atoms with Gasteiger partial charge in [-0.2, -0.15) is 0 Å². The van der Waals surface area contributed by atoms with E-state index in [4.69, 9.17) is 11.5 Å². The molecule has 112 valence electrons. The Morgan fingerprint density at radius 3 is 2.50 bits per heavy atom. The van der Waals surface area contributed by atoms with Crippen molar-refractivity contribution < 1.29 is 9.90 Å². The van der Waals surface area contributed by atoms with Gasteiger partial charge in [-0.05, 0) is 24.1 Å². The summed E-state index contributed by atoms with van der Waals surface area (Å²) < 4.78 is 0. The van der Waals surface area contributed by atoms with E-state index >= 15 is 0 Å². The predicted molar refractivity (Wildman–Crippen MR) is 79.8 cm³/mol. The monoisotopic (exact) mass is 279 g/mol. The van der Waals surface area contributed by atoms with Crippen molar-refractivity contribution >= 4 is 5.91 Å². The second-order valence-corrected chi connectivity index (χ2v) is 5.02. The number of carbonyl (C=O) groups is 1. The molecule has 1 rings (SSSR count). The summed E-state index contributed by atoms with van der Waals surface area (Å²) >= 11 is 0. The fourth-order valence-corrected chi connectivity index (χ4v) is 2.06. The molecule has 0 aliphatic carbocycles. The van der Waals surface area contributed by atoms with Gasteiger partial charge in [0.05, 0.1) is 12.6 Å². The third kappa shape index (κ3) is 5.69. The van der Waals surface area contributed by atoms with E-state index in [-0.39, 0.29) is 12.5 Å². The van der Waals surface area contributed by atoms with Gasteiger partial charge in [0.1, 0.15) is 0 Å². The Labute approximate surface area is 120 Å². The van der Waals surface area contributed by atoms with Crippen molar-refractivity contribution in [3.63, 3.8) is 0 Å². The van der Waals surface area contributed by atoms with E-state index in [0.717, 1.165) is 30.5 Å². The molecule has 0 aliphatic rings. The van der Waals surface area contributed by atoms with Crippen LogP contribution in [0, 0.1) is 0 Å². The molecule has 1 aromatic rings. The van der Waals surface area contributed by atoms with Gasteiger partial charge in [0, 0.05) is 13.1 Å². The first-order valence-corrected chi connectivity index (χ1v) is 7.04. The molecule has 5 N–H and O–H groups in total. The first kappa shape index (κ1) is 16.6. The first-order chi connectivity index (χ1) is 9.56. The fraction of sp³-hybridized carbons (Fsp3) is 0.533. The summed E-state index contributed by atoms with van der Waals surface area (Å²) in [5.74, 6) is -0.369. The Kier molecular flexibility index (Phi) is 7.22. The normalized spacial score (nSPS) is 12.6. The maximum atomic E-state index is 11.1. The van der Waals surface area contributed by atoms with E-state index in [2.05, 4.69) is 6.92 Å². The molecule has 5 nitrogen and oxygen atoms in total. The highest BCUT2D eigenvalue weighted by molar-refractivity contribution is 5.75. The van der Waals surface area contributed by atoms with Crippen LogP contribution in [-0.2, 0) is 11.3 Å². The second-order valence-electron chi connectivity index (χ2n) is 5.02. The third-order valence-corrected chi connectivity index (χ3v) is 3.24. The van der Waals surface area contributed by atoms with Crippen LogP contribution in [0.2, 0.25) is 0 Å². The van der Waals surface area contributed by atoms with Crippen molar-refractivity contribution in [1.82, 2.24) is 4.90 Å². The van der Waals surface area contributed by atoms with E-state index < -0.39 is 6.10 Å². The van der Waals surface area contributed by atoms with Crippen LogP contribution >= 0.6 is 0 Å². The van der Waals surface area contributed by atoms with Crippen LogP contribution in [0.15, 0.2) is 24.3 Å². The van der Waals surface area contributed by atoms with Crippen molar-refractivity contribution in [3.05, 3.63) is 35.4 Å². The molecule has 5 heteroatoms. The summed E-state index contributed by atoms with van der Waals surface area (Å²) in [6, 6.07) is 7.55. The highest BCUT2D eigenvalue weighted by atomic mass is 16.3. The summed E-state index contributed by atoms with van der Waals surface area (Å²) in [5, 5.41) is 10.2. The van der Waals surface area contributed by atoms with E-state index in [1.54, 1.807) is 0 Å². The SMILES string of the molecule is CCCCN(CC(N)=O)CC(O)c1ccc(CN)cc1. The topological polar surface area (TPSA) is 92.6 Å². The Morgan fingerprint density at radius 2 is 2.00 bits per heavy atom. The molecule has 1 aromatic carbocycles. The largest absolute Gasteiger partial charge is 0.387 e. The zero-order valence-electron chi connectivity index (χ0n) is 12.1. The van der Waals surface area contributed by atoms with Crippen LogP contribution in [0.25, 0.3) is 0 Å². The smallest absolute Gasteiger partial charge is 0.231 e. The zero-order valence-corrected chi connectivity index (χ0v) is 12.1. The number of rotatable bonds is 9. The number of primary amides is 1. The average molecular weight is 279 g/mol. The van der Waals surface area contributed by atoms with Gasteiger partial charge < -0.3 is 16.6 Å². The van der Waals surface area contributed by atoms with E-state index in [1.165, 1.54) is 0 Å². The van der Waals surface area contributed by atoms with Gasteiger partial charge in [0.2, 0.25) is 5.91 Å². The molecule has 0 spiro atoms. The zero-order chi connectivity index (χ0) is 15.0. The van der Waals surface area contributed by atoms with Crippen LogP contribution in [0.4, 0.5) is 0 Å². The molecule has 0 saturated carbocycles. The van der Waals surface area contributed by atoms with Crippen molar-refractivity contribution in [2.24, 2.45) is 11.5 Å². The Balaban J connectivity index is 2.62. The number of hydrogen-bond acceptors (Lipinski definition) is 4. The lowest BCUT2D eigenvalue weighted by atomic mass is 10.1. The maximum Gasteiger partial charge on any atom is 0.231 e. The molecule has 0 radical (unpaired) electrons. The minimum absolute atomic E-state index is 0.179. The average Bonchev–Trinajstić information content (AvgIpc) is 2.44. The van der Waals surface area contributed by atoms with E-state index in [9.17, 15) is 9.90 Å². The van der Waals surface area contributed by atoms with Gasteiger partial charge in [-0.3, -0.25) is 9.69 Å². The molecule has 0 bridgehead atoms. The molecule has 0 heterocycles. The fourth-order valence-electron chi connectivity index (χ4n) is 2.06. The van der Waals surface area contributed by atoms with Crippen molar-refractivity contribution in [2.75, 3.05) is 19.6 Å². The van der Waals surface area contributed by atoms with Crippen molar-refractivity contribution in [3.8, 4) is 0 Å². The number of carbonyl (C=O) groups excluding carboxylic acids is 1. The second kappa shape index (κ2) is 8.68. The molecule has 0 fully saturated rings. The highest BCUT2D eigenvalue weighted by Crippen LogP contribution is 2.15. The van der Waals surface area contributed by atoms with E-state index in [1.807, 2.05) is 29.2 Å². The van der Waals surface area contributed by atoms with Crippen LogP contribution in [0.1, 0.15) is 37.0 Å². The number of aliphatic hydroxyl groups is 1. The standard InChI is InChI=1S/C15H25N3O2/c1-2-3-8-18(11-15(17)20)10-14(19)13-6-4-12(9-16)5-7-13/h4-7,14,19H,2-3,8-11,16H2,1H3,(H2,17,20). The number of nitrogens with zero attached hydrogens (tertiary/aromatic N) is 1. The van der Waals surface area contributed by atoms with Gasteiger partial charge in [-0.1, -0.05) is 37.6 Å². The van der Waals surface area contributed by atoms with Crippen molar-refractivity contribution in [1.29, 1.82) is 0 Å². The summed E-state index contributed by atoms with van der Waals surface area (Å²) in [7, 11) is 0. The molecular weight excluding hydrogens is 254 g/mol. The molecular formula is C15H25N3O2. The van der Waals surface area contributed by atoms with Crippen LogP contribution in [-0.4, -0.2) is 35.5 Å². The van der Waals surface area contributed by atoms with Gasteiger partial charge in [-0.25, -0.2) is 0 Å². The molecule has 1 amide bonds. The molecule has 0 aromatic heterocycles. The Morgan fingerprint density at radius 1 is 1.35 bits per heavy atom. The number of unbranched alkanes of at least 4 members (excludes halogenated alkanes) is 1. The van der Waals surface area contributed by atoms with Crippen LogP contribution < -0.4 is 11.5 Å². The Bertz CT molecular complexity index is 406. The first-order valence-electron chi connectivity index (χ1n) is 7.04. The van der Waals surface area contributed by atoms with Gasteiger partial charge >= 0.3 is 0 Å². The summed E-state index contributed by atoms with van der Waals surface area (Å²) in [6.07, 6.45) is 1.39. The minimum Gasteiger partial charge on any atom is -0.387 e. The highest BCUT2D eigenvalue weighted by Gasteiger charge is 2.15. The maximum absolute atomic E-state index is 11.1. The van der Waals surface area contributed by atoms with Gasteiger partial charge in [0.15, 0.2) is 0 Å². The number of benzene rings is 1. The number of amides is 1. The van der Waals surface area contributed by atoms with E-state index in [0.29, 0.717) is 13.1 Å². The molecule has 1 unspecified atom stereocenters. The number of nitrogens with two attached hydrogens (primary N) is 2. The molecule has 1 atom stereocenters. The third-order valence-electron chi connectivity index (χ3n) is 3.24. The predicted octanol–water partition coefficient (Wildman–Crippen LogP) is 0.766. The van der Waals surface area contributed by atoms with Crippen LogP contribution in [0.3, 0.4) is 0 Å². The lowest BCUT2D eigenvalue weighted by Crippen LogP contribution is -2.37. The lowest BCUT2D eigenvalue weighted by Gasteiger charge is -2.23. The number of hydrogen-bond donors (Lipinski definition) is 3. The minimum atomic E-state index is -0.627. The molecule has 0 saturated heterocycles. The summed E-state index contributed by atoms with van der Waals surface area (Å²) in [5.41, 5.74) is 12.6. The van der Waals surface area contributed by atoms with Crippen LogP contribution in [0.5, 0.6) is 0 Å². The summed E-state index contributed by atoms with van der Waals surface area (Å²) in [4.78, 5) is 13.0. The number of aliphatic hydroxyl groups excluding tert-OH is 1. The van der Waals surface area contributed by atoms with Gasteiger partial charge in [-0.15, -0.1) is 0 Å². The quantitative estimate of drug-likeness (QED) is 0.622. The molecule has 0 aliphatic heterocycles.